The minimum Gasteiger partial charge on any atom is -0.405 e. The van der Waals surface area contributed by atoms with E-state index in [2.05, 4.69) is 9.72 Å². The minimum atomic E-state index is -5.11. The van der Waals surface area contributed by atoms with Crippen molar-refractivity contribution >= 4 is 22.6 Å². The Kier molecular flexibility index (Phi) is 4.66. The second-order valence-electron chi connectivity index (χ2n) is 3.00. The van der Waals surface area contributed by atoms with E-state index in [1.807, 2.05) is 0 Å². The van der Waals surface area contributed by atoms with E-state index in [1.165, 1.54) is 0 Å². The van der Waals surface area contributed by atoms with Gasteiger partial charge >= 0.3 is 6.36 Å². The van der Waals surface area contributed by atoms with Crippen molar-refractivity contribution in [3.63, 3.8) is 0 Å². The maximum Gasteiger partial charge on any atom is 0.573 e. The summed E-state index contributed by atoms with van der Waals surface area (Å²) in [4.78, 5) is 3.52. The van der Waals surface area contributed by atoms with Gasteiger partial charge in [0.2, 0.25) is 0 Å². The monoisotopic (exact) mass is 378 g/mol. The summed E-state index contributed by atoms with van der Waals surface area (Å²) in [5.74, 6) is -1.04. The molecule has 0 N–H and O–H groups in total. The van der Waals surface area contributed by atoms with E-state index in [0.717, 1.165) is 0 Å². The first kappa shape index (κ1) is 14.9. The molecule has 0 aliphatic heterocycles. The third-order valence-electron chi connectivity index (χ3n) is 1.81. The Morgan fingerprint density at radius 3 is 2.50 bits per heavy atom. The summed E-state index contributed by atoms with van der Waals surface area (Å²) in [6.45, 7) is 0. The van der Waals surface area contributed by atoms with Crippen LogP contribution < -0.4 is 4.74 Å². The van der Waals surface area contributed by atoms with Crippen LogP contribution in [0.2, 0.25) is 0 Å². The van der Waals surface area contributed by atoms with Crippen LogP contribution in [0.5, 0.6) is 5.75 Å². The Morgan fingerprint density at radius 2 is 2.06 bits per heavy atom. The van der Waals surface area contributed by atoms with Gasteiger partial charge in [0.05, 0.1) is 18.1 Å². The molecular formula is C9H4F5IN2O. The van der Waals surface area contributed by atoms with Gasteiger partial charge in [-0.15, -0.1) is 13.2 Å². The van der Waals surface area contributed by atoms with Crippen LogP contribution in [0.25, 0.3) is 0 Å². The molecule has 0 bridgehead atoms. The quantitative estimate of drug-likeness (QED) is 0.459. The molecule has 1 rings (SSSR count). The van der Waals surface area contributed by atoms with Gasteiger partial charge in [-0.05, 0) is 22.6 Å². The number of pyridine rings is 1. The van der Waals surface area contributed by atoms with Crippen LogP contribution in [0.15, 0.2) is 6.20 Å². The van der Waals surface area contributed by atoms with Crippen molar-refractivity contribution in [2.24, 2.45) is 0 Å². The van der Waals surface area contributed by atoms with Gasteiger partial charge in [0.15, 0.2) is 0 Å². The highest BCUT2D eigenvalue weighted by Crippen LogP contribution is 2.37. The van der Waals surface area contributed by atoms with E-state index < -0.39 is 30.5 Å². The SMILES string of the molecule is N#CCc1c(I)ncc(C(F)F)c1OC(F)(F)F. The maximum absolute atomic E-state index is 12.6. The molecule has 1 aromatic rings. The van der Waals surface area contributed by atoms with Gasteiger partial charge in [-0.25, -0.2) is 13.8 Å². The second kappa shape index (κ2) is 5.64. The number of hydrogen-bond acceptors (Lipinski definition) is 3. The van der Waals surface area contributed by atoms with Crippen LogP contribution in [0.1, 0.15) is 17.6 Å². The molecule has 0 aliphatic rings. The smallest absolute Gasteiger partial charge is 0.405 e. The van der Waals surface area contributed by atoms with Crippen LogP contribution >= 0.6 is 22.6 Å². The number of rotatable bonds is 3. The molecule has 3 nitrogen and oxygen atoms in total. The summed E-state index contributed by atoms with van der Waals surface area (Å²) in [5.41, 5.74) is -1.29. The molecule has 1 heterocycles. The fourth-order valence-electron chi connectivity index (χ4n) is 1.15. The molecular weight excluding hydrogens is 374 g/mol. The predicted molar refractivity (Wildman–Crippen MR) is 57.9 cm³/mol. The van der Waals surface area contributed by atoms with Crippen molar-refractivity contribution in [1.29, 1.82) is 5.26 Å². The van der Waals surface area contributed by atoms with Gasteiger partial charge in [-0.1, -0.05) is 0 Å². The molecule has 0 radical (unpaired) electrons. The first-order chi connectivity index (χ1) is 8.26. The highest BCUT2D eigenvalue weighted by Gasteiger charge is 2.35. The van der Waals surface area contributed by atoms with E-state index >= 15 is 0 Å². The molecule has 0 unspecified atom stereocenters. The number of ether oxygens (including phenoxy) is 1. The topological polar surface area (TPSA) is 45.9 Å². The first-order valence-electron chi connectivity index (χ1n) is 4.34. The molecule has 18 heavy (non-hydrogen) atoms. The van der Waals surface area contributed by atoms with Crippen molar-refractivity contribution in [2.75, 3.05) is 0 Å². The maximum atomic E-state index is 12.6. The van der Waals surface area contributed by atoms with Gasteiger partial charge in [0.25, 0.3) is 6.43 Å². The normalized spacial score (nSPS) is 11.4. The standard InChI is InChI=1S/C9H4F5IN2O/c10-7(11)5-3-17-8(15)4(1-2-16)6(5)18-9(12,13)14/h3,7H,1H2. The lowest BCUT2D eigenvalue weighted by Gasteiger charge is -2.16. The molecule has 9 heteroatoms. The molecule has 0 spiro atoms. The van der Waals surface area contributed by atoms with Crippen LogP contribution in [-0.2, 0) is 6.42 Å². The lowest BCUT2D eigenvalue weighted by atomic mass is 10.1. The van der Waals surface area contributed by atoms with Gasteiger partial charge < -0.3 is 4.74 Å². The third kappa shape index (κ3) is 3.66. The summed E-state index contributed by atoms with van der Waals surface area (Å²) >= 11 is 1.55. The first-order valence-corrected chi connectivity index (χ1v) is 5.42. The Bertz CT molecular complexity index is 483. The lowest BCUT2D eigenvalue weighted by molar-refractivity contribution is -0.275. The Hall–Kier alpha value is -1.18. The lowest BCUT2D eigenvalue weighted by Crippen LogP contribution is -2.20. The highest BCUT2D eigenvalue weighted by molar-refractivity contribution is 14.1. The molecule has 0 saturated heterocycles. The predicted octanol–water partition coefficient (Wildman–Crippen LogP) is 3.59. The Labute approximate surface area is 112 Å². The summed E-state index contributed by atoms with van der Waals surface area (Å²) in [6, 6.07) is 1.58. The van der Waals surface area contributed by atoms with Gasteiger partial charge in [0.1, 0.15) is 9.45 Å². The molecule has 0 aliphatic carbocycles. The molecule has 0 fully saturated rings. The molecule has 0 saturated carbocycles. The number of alkyl halides is 5. The molecule has 0 amide bonds. The van der Waals surface area contributed by atoms with E-state index in [0.29, 0.717) is 6.20 Å². The minimum absolute atomic E-state index is 0.0119. The largest absolute Gasteiger partial charge is 0.573 e. The fraction of sp³-hybridized carbons (Fsp3) is 0.333. The highest BCUT2D eigenvalue weighted by atomic mass is 127. The zero-order valence-corrected chi connectivity index (χ0v) is 10.6. The van der Waals surface area contributed by atoms with Gasteiger partial charge in [-0.2, -0.15) is 5.26 Å². The number of nitriles is 1. The Balaban J connectivity index is 3.39. The van der Waals surface area contributed by atoms with E-state index in [1.54, 1.807) is 28.7 Å². The summed E-state index contributed by atoms with van der Waals surface area (Å²) < 4.78 is 65.3. The van der Waals surface area contributed by atoms with Crippen LogP contribution in [0.4, 0.5) is 22.0 Å². The van der Waals surface area contributed by atoms with E-state index in [4.69, 9.17) is 5.26 Å². The van der Waals surface area contributed by atoms with Gasteiger partial charge in [0, 0.05) is 11.8 Å². The fourth-order valence-corrected chi connectivity index (χ4v) is 1.73. The van der Waals surface area contributed by atoms with Crippen molar-refractivity contribution in [1.82, 2.24) is 4.98 Å². The molecule has 0 atom stereocenters. The summed E-state index contributed by atoms with van der Waals surface area (Å²) in [5, 5.41) is 8.49. The van der Waals surface area contributed by atoms with Gasteiger partial charge in [-0.3, -0.25) is 0 Å². The van der Waals surface area contributed by atoms with Crippen molar-refractivity contribution < 1.29 is 26.7 Å². The number of hydrogen-bond donors (Lipinski definition) is 0. The number of halogens is 6. The Morgan fingerprint density at radius 1 is 1.44 bits per heavy atom. The van der Waals surface area contributed by atoms with Crippen LogP contribution in [0, 0.1) is 15.0 Å². The summed E-state index contributed by atoms with van der Waals surface area (Å²) in [6.07, 6.45) is -8.19. The van der Waals surface area contributed by atoms with Crippen molar-refractivity contribution in [3.05, 3.63) is 21.0 Å². The zero-order chi connectivity index (χ0) is 13.9. The molecule has 0 aromatic carbocycles. The number of nitrogens with zero attached hydrogens (tertiary/aromatic N) is 2. The summed E-state index contributed by atoms with van der Waals surface area (Å²) in [7, 11) is 0. The third-order valence-corrected chi connectivity index (χ3v) is 2.74. The zero-order valence-electron chi connectivity index (χ0n) is 8.43. The van der Waals surface area contributed by atoms with E-state index in [9.17, 15) is 22.0 Å². The van der Waals surface area contributed by atoms with Crippen molar-refractivity contribution in [2.45, 2.75) is 19.2 Å². The van der Waals surface area contributed by atoms with Crippen molar-refractivity contribution in [3.8, 4) is 11.8 Å². The second-order valence-corrected chi connectivity index (χ2v) is 4.02. The number of aromatic nitrogens is 1. The van der Waals surface area contributed by atoms with Crippen LogP contribution in [-0.4, -0.2) is 11.3 Å². The van der Waals surface area contributed by atoms with Crippen LogP contribution in [0.3, 0.4) is 0 Å². The average Bonchev–Trinajstić information content (AvgIpc) is 2.21. The molecule has 1 aromatic heterocycles. The molecule has 98 valence electrons. The average molecular weight is 378 g/mol. The van der Waals surface area contributed by atoms with E-state index in [-0.39, 0.29) is 9.26 Å².